The van der Waals surface area contributed by atoms with Crippen molar-refractivity contribution in [2.75, 3.05) is 13.2 Å². The quantitative estimate of drug-likeness (QED) is 0.388. The highest BCUT2D eigenvalue weighted by atomic mass is 16.5. The molecule has 0 saturated heterocycles. The molecule has 0 aliphatic rings. The average Bonchev–Trinajstić information content (AvgIpc) is 2.59. The fraction of sp³-hybridized carbons (Fsp3) is 0.381. The van der Waals surface area contributed by atoms with Crippen molar-refractivity contribution in [1.29, 1.82) is 0 Å². The minimum atomic E-state index is -0.591. The van der Waals surface area contributed by atoms with E-state index in [4.69, 9.17) is 9.47 Å². The maximum atomic E-state index is 12.2. The summed E-state index contributed by atoms with van der Waals surface area (Å²) in [6.07, 6.45) is 3.81. The Bertz CT molecular complexity index is 681. The van der Waals surface area contributed by atoms with Crippen molar-refractivity contribution in [3.05, 3.63) is 58.2 Å². The third kappa shape index (κ3) is 7.05. The van der Waals surface area contributed by atoms with E-state index in [1.54, 1.807) is 19.1 Å². The van der Waals surface area contributed by atoms with Gasteiger partial charge in [-0.05, 0) is 58.0 Å². The van der Waals surface area contributed by atoms with Crippen LogP contribution in [0.3, 0.4) is 0 Å². The van der Waals surface area contributed by atoms with Crippen LogP contribution in [-0.2, 0) is 9.47 Å². The van der Waals surface area contributed by atoms with Crippen molar-refractivity contribution in [2.45, 2.75) is 41.0 Å². The first kappa shape index (κ1) is 21.4. The molecule has 0 atom stereocenters. The number of ketones is 1. The predicted molar refractivity (Wildman–Crippen MR) is 100 cm³/mol. The van der Waals surface area contributed by atoms with Gasteiger partial charge in [0.1, 0.15) is 13.2 Å². The zero-order valence-electron chi connectivity index (χ0n) is 16.0. The van der Waals surface area contributed by atoms with E-state index in [9.17, 15) is 14.4 Å². The number of allylic oxidation sites excluding steroid dienone is 2. The summed E-state index contributed by atoms with van der Waals surface area (Å²) in [5, 5.41) is 0. The van der Waals surface area contributed by atoms with Crippen molar-refractivity contribution in [2.24, 2.45) is 0 Å². The Balaban J connectivity index is 3.08. The average molecular weight is 358 g/mol. The molecule has 0 aliphatic heterocycles. The Kier molecular flexibility index (Phi) is 8.49. The van der Waals surface area contributed by atoms with Crippen molar-refractivity contribution < 1.29 is 23.9 Å². The van der Waals surface area contributed by atoms with Gasteiger partial charge >= 0.3 is 11.9 Å². The van der Waals surface area contributed by atoms with Crippen LogP contribution in [0.1, 0.15) is 72.1 Å². The SMILES string of the molecule is CCC(=O)c1cc(C(=O)OCC=C(C)C)cc(C(=O)OCC=C(C)C)c1. The summed E-state index contributed by atoms with van der Waals surface area (Å²) >= 11 is 0. The van der Waals surface area contributed by atoms with Gasteiger partial charge in [-0.2, -0.15) is 0 Å². The lowest BCUT2D eigenvalue weighted by Gasteiger charge is -2.09. The van der Waals surface area contributed by atoms with E-state index in [1.165, 1.54) is 18.2 Å². The molecule has 0 heterocycles. The van der Waals surface area contributed by atoms with E-state index < -0.39 is 11.9 Å². The first-order valence-corrected chi connectivity index (χ1v) is 8.53. The Hall–Kier alpha value is -2.69. The molecule has 0 bridgehead atoms. The first-order valence-electron chi connectivity index (χ1n) is 8.53. The second-order valence-corrected chi connectivity index (χ2v) is 6.34. The summed E-state index contributed by atoms with van der Waals surface area (Å²) in [7, 11) is 0. The molecule has 0 fully saturated rings. The fourth-order valence-electron chi connectivity index (χ4n) is 1.96. The van der Waals surface area contributed by atoms with E-state index in [0.29, 0.717) is 5.56 Å². The Morgan fingerprint density at radius 3 is 1.50 bits per heavy atom. The van der Waals surface area contributed by atoms with E-state index in [1.807, 2.05) is 27.7 Å². The molecular formula is C21H26O5. The smallest absolute Gasteiger partial charge is 0.338 e. The predicted octanol–water partition coefficient (Wildman–Crippen LogP) is 4.53. The molecular weight excluding hydrogens is 332 g/mol. The van der Waals surface area contributed by atoms with Crippen LogP contribution in [0.2, 0.25) is 0 Å². The molecule has 140 valence electrons. The van der Waals surface area contributed by atoms with E-state index >= 15 is 0 Å². The standard InChI is InChI=1S/C21H26O5/c1-6-19(22)16-11-17(20(23)25-9-7-14(2)3)13-18(12-16)21(24)26-10-8-15(4)5/h7-8,11-13H,6,9-10H2,1-5H3. The van der Waals surface area contributed by atoms with Crippen molar-refractivity contribution in [1.82, 2.24) is 0 Å². The van der Waals surface area contributed by atoms with Crippen LogP contribution in [0.15, 0.2) is 41.5 Å². The topological polar surface area (TPSA) is 69.7 Å². The maximum Gasteiger partial charge on any atom is 0.338 e. The molecule has 0 spiro atoms. The zero-order valence-corrected chi connectivity index (χ0v) is 16.0. The molecule has 0 radical (unpaired) electrons. The van der Waals surface area contributed by atoms with E-state index in [2.05, 4.69) is 0 Å². The molecule has 5 heteroatoms. The van der Waals surface area contributed by atoms with Gasteiger partial charge in [0, 0.05) is 12.0 Å². The minimum Gasteiger partial charge on any atom is -0.458 e. The first-order chi connectivity index (χ1) is 12.2. The monoisotopic (exact) mass is 358 g/mol. The highest BCUT2D eigenvalue weighted by Crippen LogP contribution is 2.15. The molecule has 1 aromatic rings. The second kappa shape index (κ2) is 10.3. The normalized spacial score (nSPS) is 9.88. The summed E-state index contributed by atoms with van der Waals surface area (Å²) < 4.78 is 10.3. The molecule has 5 nitrogen and oxygen atoms in total. The number of hydrogen-bond acceptors (Lipinski definition) is 5. The lowest BCUT2D eigenvalue weighted by atomic mass is 10.0. The number of Topliss-reactive ketones (excluding diaryl/α,β-unsaturated/α-hetero) is 1. The highest BCUT2D eigenvalue weighted by Gasteiger charge is 2.17. The van der Waals surface area contributed by atoms with Crippen LogP contribution < -0.4 is 0 Å². The molecule has 1 aromatic carbocycles. The van der Waals surface area contributed by atoms with Gasteiger partial charge in [-0.15, -0.1) is 0 Å². The molecule has 0 amide bonds. The Morgan fingerprint density at radius 2 is 1.15 bits per heavy atom. The number of rotatable bonds is 8. The van der Waals surface area contributed by atoms with Gasteiger partial charge in [0.25, 0.3) is 0 Å². The summed E-state index contributed by atoms with van der Waals surface area (Å²) in [5.74, 6) is -1.35. The summed E-state index contributed by atoms with van der Waals surface area (Å²) in [6, 6.07) is 4.29. The van der Waals surface area contributed by atoms with Gasteiger partial charge in [-0.1, -0.05) is 18.1 Å². The molecule has 0 aliphatic carbocycles. The highest BCUT2D eigenvalue weighted by molar-refractivity contribution is 6.02. The maximum absolute atomic E-state index is 12.2. The molecule has 0 saturated carbocycles. The Labute approximate surface area is 154 Å². The zero-order chi connectivity index (χ0) is 19.7. The summed E-state index contributed by atoms with van der Waals surface area (Å²) in [5.41, 5.74) is 2.65. The van der Waals surface area contributed by atoms with Gasteiger partial charge in [0.15, 0.2) is 5.78 Å². The number of ether oxygens (including phenoxy) is 2. The van der Waals surface area contributed by atoms with Gasteiger partial charge in [-0.25, -0.2) is 9.59 Å². The van der Waals surface area contributed by atoms with Gasteiger partial charge in [0.05, 0.1) is 11.1 Å². The number of hydrogen-bond donors (Lipinski definition) is 0. The largest absolute Gasteiger partial charge is 0.458 e. The molecule has 26 heavy (non-hydrogen) atoms. The van der Waals surface area contributed by atoms with Gasteiger partial charge in [-0.3, -0.25) is 4.79 Å². The molecule has 0 N–H and O–H groups in total. The van der Waals surface area contributed by atoms with Crippen LogP contribution in [0.4, 0.5) is 0 Å². The lowest BCUT2D eigenvalue weighted by Crippen LogP contribution is -2.12. The Morgan fingerprint density at radius 1 is 0.769 bits per heavy atom. The summed E-state index contributed by atoms with van der Waals surface area (Å²) in [4.78, 5) is 36.5. The van der Waals surface area contributed by atoms with E-state index in [0.717, 1.165) is 11.1 Å². The van der Waals surface area contributed by atoms with Crippen LogP contribution in [0.5, 0.6) is 0 Å². The van der Waals surface area contributed by atoms with Gasteiger partial charge < -0.3 is 9.47 Å². The van der Waals surface area contributed by atoms with Gasteiger partial charge in [0.2, 0.25) is 0 Å². The van der Waals surface area contributed by atoms with E-state index in [-0.39, 0.29) is 36.5 Å². The van der Waals surface area contributed by atoms with Crippen LogP contribution >= 0.6 is 0 Å². The van der Waals surface area contributed by atoms with Crippen LogP contribution in [0.25, 0.3) is 0 Å². The number of carbonyl (C=O) groups excluding carboxylic acids is 3. The molecule has 0 aromatic heterocycles. The second-order valence-electron chi connectivity index (χ2n) is 6.34. The lowest BCUT2D eigenvalue weighted by molar-refractivity contribution is 0.0547. The third-order valence-electron chi connectivity index (χ3n) is 3.46. The number of benzene rings is 1. The number of esters is 2. The summed E-state index contributed by atoms with van der Waals surface area (Å²) in [6.45, 7) is 9.57. The van der Waals surface area contributed by atoms with Crippen molar-refractivity contribution in [3.8, 4) is 0 Å². The minimum absolute atomic E-state index is 0.132. The molecule has 1 rings (SSSR count). The molecule has 0 unspecified atom stereocenters. The van der Waals surface area contributed by atoms with Crippen molar-refractivity contribution >= 4 is 17.7 Å². The number of carbonyl (C=O) groups is 3. The van der Waals surface area contributed by atoms with Crippen LogP contribution in [0, 0.1) is 0 Å². The third-order valence-corrected chi connectivity index (χ3v) is 3.46. The van der Waals surface area contributed by atoms with Crippen LogP contribution in [-0.4, -0.2) is 30.9 Å². The van der Waals surface area contributed by atoms with Crippen molar-refractivity contribution in [3.63, 3.8) is 0 Å². The fourth-order valence-corrected chi connectivity index (χ4v) is 1.96.